The Hall–Kier alpha value is -3.19. The molecule has 3 rings (SSSR count). The SMILES string of the molecule is CCOc1ccc([C@H]2/C(=C(\O)c3ccncc3)C(=O)C(=O)N2CCCN(C)C)cc1. The fourth-order valence-corrected chi connectivity index (χ4v) is 3.59. The van der Waals surface area contributed by atoms with Gasteiger partial charge in [0.05, 0.1) is 18.2 Å². The minimum Gasteiger partial charge on any atom is -0.507 e. The maximum atomic E-state index is 12.9. The molecule has 0 radical (unpaired) electrons. The van der Waals surface area contributed by atoms with Crippen LogP contribution in [0.4, 0.5) is 0 Å². The Morgan fingerprint density at radius 2 is 1.80 bits per heavy atom. The van der Waals surface area contributed by atoms with Gasteiger partial charge in [-0.05, 0) is 63.8 Å². The minimum atomic E-state index is -0.673. The molecule has 1 atom stereocenters. The van der Waals surface area contributed by atoms with Crippen molar-refractivity contribution in [2.24, 2.45) is 0 Å². The number of amides is 1. The molecule has 7 heteroatoms. The molecule has 1 aliphatic rings. The first kappa shape index (κ1) is 21.5. The fourth-order valence-electron chi connectivity index (χ4n) is 3.59. The number of aromatic nitrogens is 1. The van der Waals surface area contributed by atoms with E-state index in [0.717, 1.165) is 12.1 Å². The molecule has 1 aromatic carbocycles. The first-order valence-corrected chi connectivity index (χ1v) is 10.00. The summed E-state index contributed by atoms with van der Waals surface area (Å²) >= 11 is 0. The Labute approximate surface area is 176 Å². The van der Waals surface area contributed by atoms with Gasteiger partial charge < -0.3 is 19.6 Å². The molecule has 158 valence electrons. The second-order valence-electron chi connectivity index (χ2n) is 7.39. The van der Waals surface area contributed by atoms with E-state index in [2.05, 4.69) is 4.98 Å². The van der Waals surface area contributed by atoms with Crippen molar-refractivity contribution in [1.29, 1.82) is 0 Å². The molecule has 7 nitrogen and oxygen atoms in total. The Balaban J connectivity index is 2.05. The van der Waals surface area contributed by atoms with Crippen LogP contribution in [0.25, 0.3) is 5.76 Å². The van der Waals surface area contributed by atoms with Crippen molar-refractivity contribution in [3.63, 3.8) is 0 Å². The number of aliphatic hydroxyl groups is 1. The van der Waals surface area contributed by atoms with Crippen molar-refractivity contribution >= 4 is 17.4 Å². The molecule has 1 N–H and O–H groups in total. The number of carbonyl (C=O) groups excluding carboxylic acids is 2. The van der Waals surface area contributed by atoms with Gasteiger partial charge in [0.25, 0.3) is 11.7 Å². The summed E-state index contributed by atoms with van der Waals surface area (Å²) in [6.07, 6.45) is 3.78. The third-order valence-electron chi connectivity index (χ3n) is 5.00. The van der Waals surface area contributed by atoms with Crippen molar-refractivity contribution < 1.29 is 19.4 Å². The van der Waals surface area contributed by atoms with E-state index in [1.165, 1.54) is 12.4 Å². The lowest BCUT2D eigenvalue weighted by Crippen LogP contribution is -2.32. The Bertz CT molecular complexity index is 923. The minimum absolute atomic E-state index is 0.0974. The predicted octanol–water partition coefficient (Wildman–Crippen LogP) is 2.85. The summed E-state index contributed by atoms with van der Waals surface area (Å²) in [6.45, 7) is 3.64. The Morgan fingerprint density at radius 3 is 2.40 bits per heavy atom. The monoisotopic (exact) mass is 409 g/mol. The molecule has 0 bridgehead atoms. The highest BCUT2D eigenvalue weighted by atomic mass is 16.5. The number of Topliss-reactive ketones (excluding diaryl/α,β-unsaturated/α-hetero) is 1. The Kier molecular flexibility index (Phi) is 6.84. The lowest BCUT2D eigenvalue weighted by atomic mass is 9.95. The number of ether oxygens (including phenoxy) is 1. The summed E-state index contributed by atoms with van der Waals surface area (Å²) in [5.74, 6) is -0.749. The second kappa shape index (κ2) is 9.54. The van der Waals surface area contributed by atoms with E-state index in [1.54, 1.807) is 17.0 Å². The van der Waals surface area contributed by atoms with Crippen LogP contribution in [0.15, 0.2) is 54.4 Å². The van der Waals surface area contributed by atoms with Crippen molar-refractivity contribution in [2.75, 3.05) is 33.8 Å². The van der Waals surface area contributed by atoms with E-state index in [1.807, 2.05) is 50.2 Å². The Morgan fingerprint density at radius 1 is 1.13 bits per heavy atom. The molecule has 1 aliphatic heterocycles. The zero-order chi connectivity index (χ0) is 21.7. The van der Waals surface area contributed by atoms with Gasteiger partial charge in [-0.15, -0.1) is 0 Å². The summed E-state index contributed by atoms with van der Waals surface area (Å²) in [4.78, 5) is 33.3. The fraction of sp³-hybridized carbons (Fsp3) is 0.348. The molecule has 0 unspecified atom stereocenters. The average Bonchev–Trinajstić information content (AvgIpc) is 2.99. The van der Waals surface area contributed by atoms with Gasteiger partial charge in [0.15, 0.2) is 0 Å². The number of likely N-dealkylation sites (tertiary alicyclic amines) is 1. The smallest absolute Gasteiger partial charge is 0.295 e. The van der Waals surface area contributed by atoms with Gasteiger partial charge in [-0.1, -0.05) is 12.1 Å². The van der Waals surface area contributed by atoms with Gasteiger partial charge >= 0.3 is 0 Å². The van der Waals surface area contributed by atoms with E-state index in [4.69, 9.17) is 4.74 Å². The summed E-state index contributed by atoms with van der Waals surface area (Å²) in [5.41, 5.74) is 1.30. The van der Waals surface area contributed by atoms with E-state index in [0.29, 0.717) is 30.9 Å². The highest BCUT2D eigenvalue weighted by molar-refractivity contribution is 6.46. The first-order chi connectivity index (χ1) is 14.4. The van der Waals surface area contributed by atoms with Gasteiger partial charge in [0.1, 0.15) is 11.5 Å². The molecule has 0 spiro atoms. The average molecular weight is 409 g/mol. The maximum absolute atomic E-state index is 12.9. The first-order valence-electron chi connectivity index (χ1n) is 10.00. The number of hydrogen-bond donors (Lipinski definition) is 1. The van der Waals surface area contributed by atoms with Crippen LogP contribution in [0.1, 0.15) is 30.5 Å². The van der Waals surface area contributed by atoms with Gasteiger partial charge in [0, 0.05) is 24.5 Å². The van der Waals surface area contributed by atoms with Crippen molar-refractivity contribution in [1.82, 2.24) is 14.8 Å². The van der Waals surface area contributed by atoms with E-state index in [9.17, 15) is 14.7 Å². The van der Waals surface area contributed by atoms with Crippen LogP contribution in [0.5, 0.6) is 5.75 Å². The molecular weight excluding hydrogens is 382 g/mol. The zero-order valence-electron chi connectivity index (χ0n) is 17.5. The molecular formula is C23H27N3O4. The summed E-state index contributed by atoms with van der Waals surface area (Å²) < 4.78 is 5.51. The lowest BCUT2D eigenvalue weighted by Gasteiger charge is -2.26. The highest BCUT2D eigenvalue weighted by Gasteiger charge is 2.45. The van der Waals surface area contributed by atoms with Gasteiger partial charge in [0.2, 0.25) is 0 Å². The van der Waals surface area contributed by atoms with Gasteiger partial charge in [-0.2, -0.15) is 0 Å². The number of ketones is 1. The quantitative estimate of drug-likeness (QED) is 0.410. The maximum Gasteiger partial charge on any atom is 0.295 e. The molecule has 1 aromatic heterocycles. The molecule has 2 aromatic rings. The number of rotatable bonds is 8. The predicted molar refractivity (Wildman–Crippen MR) is 114 cm³/mol. The molecule has 1 fully saturated rings. The highest BCUT2D eigenvalue weighted by Crippen LogP contribution is 2.39. The lowest BCUT2D eigenvalue weighted by molar-refractivity contribution is -0.139. The standard InChI is InChI=1S/C23H27N3O4/c1-4-30-18-8-6-16(7-9-18)20-19(21(27)17-10-12-24-13-11-17)22(28)23(29)26(20)15-5-14-25(2)3/h6-13,20,27H,4-5,14-15H2,1-3H3/b21-19+/t20-/m0/s1. The third-order valence-corrected chi connectivity index (χ3v) is 5.00. The molecule has 1 amide bonds. The van der Waals surface area contributed by atoms with Crippen LogP contribution in [0.2, 0.25) is 0 Å². The van der Waals surface area contributed by atoms with Gasteiger partial charge in [-0.3, -0.25) is 14.6 Å². The molecule has 0 aliphatic carbocycles. The number of carbonyl (C=O) groups is 2. The van der Waals surface area contributed by atoms with Crippen molar-refractivity contribution in [3.8, 4) is 5.75 Å². The number of nitrogens with zero attached hydrogens (tertiary/aromatic N) is 3. The largest absolute Gasteiger partial charge is 0.507 e. The summed E-state index contributed by atoms with van der Waals surface area (Å²) in [5, 5.41) is 10.9. The van der Waals surface area contributed by atoms with E-state index < -0.39 is 17.7 Å². The van der Waals surface area contributed by atoms with E-state index >= 15 is 0 Å². The van der Waals surface area contributed by atoms with Crippen LogP contribution < -0.4 is 4.74 Å². The normalized spacial score (nSPS) is 18.3. The molecule has 1 saturated heterocycles. The number of hydrogen-bond acceptors (Lipinski definition) is 6. The van der Waals surface area contributed by atoms with Crippen LogP contribution in [-0.4, -0.2) is 65.4 Å². The number of pyridine rings is 1. The van der Waals surface area contributed by atoms with Crippen molar-refractivity contribution in [2.45, 2.75) is 19.4 Å². The van der Waals surface area contributed by atoms with Gasteiger partial charge in [-0.25, -0.2) is 0 Å². The third kappa shape index (κ3) is 4.52. The number of aliphatic hydroxyl groups excluding tert-OH is 1. The van der Waals surface area contributed by atoms with Crippen molar-refractivity contribution in [3.05, 3.63) is 65.5 Å². The summed E-state index contributed by atoms with van der Waals surface area (Å²) in [6, 6.07) is 9.86. The summed E-state index contributed by atoms with van der Waals surface area (Å²) in [7, 11) is 3.92. The van der Waals surface area contributed by atoms with Crippen LogP contribution in [0.3, 0.4) is 0 Å². The van der Waals surface area contributed by atoms with Crippen LogP contribution in [-0.2, 0) is 9.59 Å². The molecule has 30 heavy (non-hydrogen) atoms. The zero-order valence-corrected chi connectivity index (χ0v) is 17.5. The van der Waals surface area contributed by atoms with E-state index in [-0.39, 0.29) is 11.3 Å². The second-order valence-corrected chi connectivity index (χ2v) is 7.39. The molecule has 2 heterocycles. The topological polar surface area (TPSA) is 83.0 Å². The number of benzene rings is 1. The van der Waals surface area contributed by atoms with Crippen LogP contribution >= 0.6 is 0 Å². The molecule has 0 saturated carbocycles. The van der Waals surface area contributed by atoms with Crippen LogP contribution in [0, 0.1) is 0 Å².